The van der Waals surface area contributed by atoms with E-state index in [9.17, 15) is 12.8 Å². The topological polar surface area (TPSA) is 72.6 Å². The first-order chi connectivity index (χ1) is 9.16. The van der Waals surface area contributed by atoms with Crippen LogP contribution in [0.4, 0.5) is 10.1 Å². The fourth-order valence-corrected chi connectivity index (χ4v) is 3.36. The van der Waals surface area contributed by atoms with E-state index in [0.29, 0.717) is 0 Å². The van der Waals surface area contributed by atoms with Crippen LogP contribution >= 0.6 is 15.9 Å². The third-order valence-corrected chi connectivity index (χ3v) is 5.00. The maximum Gasteiger partial charge on any atom is 0.245 e. The molecule has 0 aliphatic rings. The van der Waals surface area contributed by atoms with E-state index < -0.39 is 20.7 Å². The highest BCUT2D eigenvalue weighted by Crippen LogP contribution is 2.27. The van der Waals surface area contributed by atoms with Gasteiger partial charge in [-0.25, -0.2) is 12.8 Å². The number of anilines is 1. The van der Waals surface area contributed by atoms with Crippen molar-refractivity contribution in [3.63, 3.8) is 0 Å². The minimum Gasteiger partial charge on any atom is -0.399 e. The number of benzene rings is 1. The normalized spacial score (nSPS) is 12.3. The van der Waals surface area contributed by atoms with Crippen LogP contribution in [-0.2, 0) is 14.8 Å². The van der Waals surface area contributed by atoms with Gasteiger partial charge >= 0.3 is 0 Å². The molecule has 20 heavy (non-hydrogen) atoms. The molecule has 0 bridgehead atoms. The first-order valence-corrected chi connectivity index (χ1v) is 8.22. The number of nitrogens with two attached hydrogens (primary N) is 1. The number of ether oxygens (including phenoxy) is 1. The highest BCUT2D eigenvalue weighted by atomic mass is 79.9. The summed E-state index contributed by atoms with van der Waals surface area (Å²) < 4.78 is 44.9. The number of nitrogen functional groups attached to an aromatic ring is 1. The molecule has 1 aromatic carbocycles. The summed E-state index contributed by atoms with van der Waals surface area (Å²) in [6.07, 6.45) is 0.00403. The molecule has 0 saturated heterocycles. The average Bonchev–Trinajstić information content (AvgIpc) is 2.32. The highest BCUT2D eigenvalue weighted by Gasteiger charge is 2.26. The molecule has 0 aromatic heterocycles. The molecule has 114 valence electrons. The van der Waals surface area contributed by atoms with Gasteiger partial charge in [-0.05, 0) is 41.9 Å². The van der Waals surface area contributed by atoms with Crippen molar-refractivity contribution in [2.75, 3.05) is 25.9 Å². The number of rotatable bonds is 6. The monoisotopic (exact) mass is 368 g/mol. The van der Waals surface area contributed by atoms with Gasteiger partial charge in [0, 0.05) is 19.3 Å². The molecule has 0 saturated carbocycles. The zero-order chi connectivity index (χ0) is 15.5. The lowest BCUT2D eigenvalue weighted by atomic mass is 10.3. The zero-order valence-electron chi connectivity index (χ0n) is 11.6. The summed E-state index contributed by atoms with van der Waals surface area (Å²) in [5, 5.41) is 0. The second-order valence-corrected chi connectivity index (χ2v) is 7.43. The lowest BCUT2D eigenvalue weighted by Gasteiger charge is -2.19. The average molecular weight is 369 g/mol. The lowest BCUT2D eigenvalue weighted by molar-refractivity contribution is 0.0737. The smallest absolute Gasteiger partial charge is 0.245 e. The van der Waals surface area contributed by atoms with Crippen LogP contribution in [0, 0.1) is 5.82 Å². The fraction of sp³-hybridized carbons (Fsp3) is 0.500. The minimum atomic E-state index is -3.94. The van der Waals surface area contributed by atoms with Gasteiger partial charge in [0.25, 0.3) is 0 Å². The van der Waals surface area contributed by atoms with Crippen molar-refractivity contribution in [3.05, 3.63) is 22.4 Å². The largest absolute Gasteiger partial charge is 0.399 e. The molecule has 0 atom stereocenters. The number of likely N-dealkylation sites (N-methyl/N-ethyl adjacent to an activating group) is 1. The predicted molar refractivity (Wildman–Crippen MR) is 79.4 cm³/mol. The van der Waals surface area contributed by atoms with E-state index in [-0.39, 0.29) is 29.4 Å². The Balaban J connectivity index is 2.99. The van der Waals surface area contributed by atoms with Gasteiger partial charge in [-0.1, -0.05) is 0 Å². The molecule has 0 aliphatic carbocycles. The molecule has 0 aliphatic heterocycles. The van der Waals surface area contributed by atoms with Crippen LogP contribution in [-0.4, -0.2) is 39.0 Å². The standard InChI is InChI=1S/C12H18BrFN2O3S/c1-8(2)19-5-4-16(3)20(17,18)11-7-9(15)6-10(13)12(11)14/h6-8H,4-5,15H2,1-3H3. The Morgan fingerprint density at radius 3 is 2.60 bits per heavy atom. The summed E-state index contributed by atoms with van der Waals surface area (Å²) in [6.45, 7) is 4.07. The Bertz CT molecular complexity index is 578. The number of nitrogens with zero attached hydrogens (tertiary/aromatic N) is 1. The van der Waals surface area contributed by atoms with E-state index in [4.69, 9.17) is 10.5 Å². The van der Waals surface area contributed by atoms with E-state index >= 15 is 0 Å². The molecule has 0 radical (unpaired) electrons. The van der Waals surface area contributed by atoms with Crippen molar-refractivity contribution in [2.24, 2.45) is 0 Å². The summed E-state index contributed by atoms with van der Waals surface area (Å²) in [4.78, 5) is -0.448. The van der Waals surface area contributed by atoms with Crippen LogP contribution in [0.5, 0.6) is 0 Å². The van der Waals surface area contributed by atoms with Crippen LogP contribution in [0.3, 0.4) is 0 Å². The SMILES string of the molecule is CC(C)OCCN(C)S(=O)(=O)c1cc(N)cc(Br)c1F. The Labute approximate surface area is 127 Å². The number of hydrogen-bond acceptors (Lipinski definition) is 4. The van der Waals surface area contributed by atoms with E-state index in [1.54, 1.807) is 0 Å². The maximum atomic E-state index is 13.9. The van der Waals surface area contributed by atoms with Crippen molar-refractivity contribution in [1.82, 2.24) is 4.31 Å². The molecule has 2 N–H and O–H groups in total. The lowest BCUT2D eigenvalue weighted by Crippen LogP contribution is -2.31. The van der Waals surface area contributed by atoms with Crippen LogP contribution < -0.4 is 5.73 Å². The third kappa shape index (κ3) is 4.15. The van der Waals surface area contributed by atoms with Crippen molar-refractivity contribution < 1.29 is 17.5 Å². The van der Waals surface area contributed by atoms with Crippen molar-refractivity contribution in [1.29, 1.82) is 0 Å². The number of sulfonamides is 1. The van der Waals surface area contributed by atoms with Crippen LogP contribution in [0.15, 0.2) is 21.5 Å². The fourth-order valence-electron chi connectivity index (χ4n) is 1.48. The molecule has 0 heterocycles. The summed E-state index contributed by atoms with van der Waals surface area (Å²) in [5.41, 5.74) is 5.73. The van der Waals surface area contributed by atoms with E-state index in [1.807, 2.05) is 13.8 Å². The van der Waals surface area contributed by atoms with Crippen LogP contribution in [0.1, 0.15) is 13.8 Å². The van der Waals surface area contributed by atoms with E-state index in [0.717, 1.165) is 10.4 Å². The second kappa shape index (κ2) is 6.84. The van der Waals surface area contributed by atoms with Crippen LogP contribution in [0.25, 0.3) is 0 Å². The van der Waals surface area contributed by atoms with E-state index in [2.05, 4.69) is 15.9 Å². The van der Waals surface area contributed by atoms with Gasteiger partial charge in [0.1, 0.15) is 4.90 Å². The Kier molecular flexibility index (Phi) is 5.93. The maximum absolute atomic E-state index is 13.9. The molecule has 0 fully saturated rings. The van der Waals surface area contributed by atoms with E-state index in [1.165, 1.54) is 13.1 Å². The minimum absolute atomic E-state index is 0.00403. The molecule has 1 aromatic rings. The Hall–Kier alpha value is -0.700. The molecule has 8 heteroatoms. The summed E-state index contributed by atoms with van der Waals surface area (Å²) in [5.74, 6) is -0.851. The Morgan fingerprint density at radius 2 is 2.05 bits per heavy atom. The van der Waals surface area contributed by atoms with Gasteiger partial charge in [0.15, 0.2) is 5.82 Å². The summed E-state index contributed by atoms with van der Waals surface area (Å²) in [7, 11) is -2.57. The number of halogens is 2. The highest BCUT2D eigenvalue weighted by molar-refractivity contribution is 9.10. The summed E-state index contributed by atoms with van der Waals surface area (Å²) >= 11 is 2.95. The van der Waals surface area contributed by atoms with Gasteiger partial charge < -0.3 is 10.5 Å². The van der Waals surface area contributed by atoms with Crippen molar-refractivity contribution >= 4 is 31.6 Å². The van der Waals surface area contributed by atoms with Crippen molar-refractivity contribution in [3.8, 4) is 0 Å². The molecular weight excluding hydrogens is 351 g/mol. The molecule has 1 rings (SSSR count). The van der Waals surface area contributed by atoms with Crippen molar-refractivity contribution in [2.45, 2.75) is 24.8 Å². The van der Waals surface area contributed by atoms with Gasteiger partial charge in [0.05, 0.1) is 17.2 Å². The van der Waals surface area contributed by atoms with Crippen LogP contribution in [0.2, 0.25) is 0 Å². The second-order valence-electron chi connectivity index (χ2n) is 4.56. The molecule has 5 nitrogen and oxygen atoms in total. The molecular formula is C12H18BrFN2O3S. The first kappa shape index (κ1) is 17.4. The van der Waals surface area contributed by atoms with Gasteiger partial charge in [-0.15, -0.1) is 0 Å². The molecule has 0 spiro atoms. The molecule has 0 unspecified atom stereocenters. The quantitative estimate of drug-likeness (QED) is 0.781. The molecule has 0 amide bonds. The third-order valence-electron chi connectivity index (χ3n) is 2.56. The van der Waals surface area contributed by atoms with Gasteiger partial charge in [-0.2, -0.15) is 4.31 Å². The predicted octanol–water partition coefficient (Wildman–Crippen LogP) is 2.22. The Morgan fingerprint density at radius 1 is 1.45 bits per heavy atom. The van der Waals surface area contributed by atoms with Gasteiger partial charge in [0.2, 0.25) is 10.0 Å². The van der Waals surface area contributed by atoms with Gasteiger partial charge in [-0.3, -0.25) is 0 Å². The summed E-state index contributed by atoms with van der Waals surface area (Å²) in [6, 6.07) is 2.42. The zero-order valence-corrected chi connectivity index (χ0v) is 14.0. The first-order valence-electron chi connectivity index (χ1n) is 5.98. The number of hydrogen-bond donors (Lipinski definition) is 1.